The van der Waals surface area contributed by atoms with Crippen LogP contribution in [0.3, 0.4) is 0 Å². The molecule has 1 heterocycles. The summed E-state index contributed by atoms with van der Waals surface area (Å²) < 4.78 is 1.81. The van der Waals surface area contributed by atoms with Crippen molar-refractivity contribution < 1.29 is 9.63 Å². The number of aromatic nitrogens is 2. The first-order chi connectivity index (χ1) is 16.9. The van der Waals surface area contributed by atoms with E-state index < -0.39 is 5.97 Å². The number of hydrogen-bond donors (Lipinski definition) is 2. The molecule has 4 fully saturated rings. The van der Waals surface area contributed by atoms with Crippen LogP contribution in [-0.4, -0.2) is 21.6 Å². The lowest BCUT2D eigenvalue weighted by atomic mass is 9.48. The second-order valence-corrected chi connectivity index (χ2v) is 10.7. The standard InChI is InChI=1S/C28H31N5O2/c1-17-22(8-5-9-24(17)29)26(30)32-35-27(34)23-16-33(21-6-3-2-4-7-21)31-25(23)28-13-18-10-19(14-28)12-20(11-18)15-28/h2-9,16,18-20H,10-15,29H2,1H3,(H2,30,32). The van der Waals surface area contributed by atoms with Crippen molar-refractivity contribution in [2.45, 2.75) is 50.9 Å². The second kappa shape index (κ2) is 8.26. The second-order valence-electron chi connectivity index (χ2n) is 10.7. The average molecular weight is 470 g/mol. The zero-order chi connectivity index (χ0) is 24.2. The van der Waals surface area contributed by atoms with Gasteiger partial charge in [0, 0.05) is 22.9 Å². The lowest BCUT2D eigenvalue weighted by Gasteiger charge is -2.56. The quantitative estimate of drug-likeness (QED) is 0.185. The smallest absolute Gasteiger partial charge is 0.369 e. The minimum atomic E-state index is -0.526. The Labute approximate surface area is 205 Å². The summed E-state index contributed by atoms with van der Waals surface area (Å²) >= 11 is 0. The SMILES string of the molecule is Cc1c(N)cccc1/C(N)=N/OC(=O)c1cn(-c2ccccc2)nc1C12CC3CC(CC(C3)C1)C2. The maximum absolute atomic E-state index is 13.4. The molecule has 4 bridgehead atoms. The Morgan fingerprint density at radius 2 is 1.66 bits per heavy atom. The summed E-state index contributed by atoms with van der Waals surface area (Å²) in [5.74, 6) is 1.78. The molecule has 1 aromatic heterocycles. The minimum absolute atomic E-state index is 0.0666. The van der Waals surface area contributed by atoms with Crippen molar-refractivity contribution >= 4 is 17.5 Å². The number of hydrogen-bond acceptors (Lipinski definition) is 5. The molecule has 3 aromatic rings. The van der Waals surface area contributed by atoms with Gasteiger partial charge in [0.2, 0.25) is 0 Å². The highest BCUT2D eigenvalue weighted by molar-refractivity contribution is 6.00. The number of anilines is 1. The molecule has 0 unspecified atom stereocenters. The van der Waals surface area contributed by atoms with E-state index >= 15 is 0 Å². The van der Waals surface area contributed by atoms with Gasteiger partial charge in [-0.25, -0.2) is 9.48 Å². The van der Waals surface area contributed by atoms with Gasteiger partial charge in [-0.2, -0.15) is 5.10 Å². The number of carbonyl (C=O) groups excluding carboxylic acids is 1. The Balaban J connectivity index is 1.36. The fourth-order valence-corrected chi connectivity index (χ4v) is 7.15. The lowest BCUT2D eigenvalue weighted by Crippen LogP contribution is -2.49. The molecule has 7 nitrogen and oxygen atoms in total. The van der Waals surface area contributed by atoms with Crippen LogP contribution < -0.4 is 11.5 Å². The third-order valence-corrected chi connectivity index (χ3v) is 8.37. The van der Waals surface area contributed by atoms with Crippen molar-refractivity contribution in [1.29, 1.82) is 0 Å². The summed E-state index contributed by atoms with van der Waals surface area (Å²) in [6.45, 7) is 1.86. The van der Waals surface area contributed by atoms with E-state index in [1.807, 2.05) is 43.3 Å². The third kappa shape index (κ3) is 3.79. The Morgan fingerprint density at radius 1 is 1.00 bits per heavy atom. The fraction of sp³-hybridized carbons (Fsp3) is 0.393. The minimum Gasteiger partial charge on any atom is -0.398 e. The molecular weight excluding hydrogens is 438 g/mol. The molecule has 0 amide bonds. The lowest BCUT2D eigenvalue weighted by molar-refractivity contribution is -0.00818. The molecule has 2 aromatic carbocycles. The van der Waals surface area contributed by atoms with Crippen molar-refractivity contribution in [3.63, 3.8) is 0 Å². The molecule has 0 aliphatic heterocycles. The van der Waals surface area contributed by atoms with Gasteiger partial charge in [0.1, 0.15) is 5.56 Å². The van der Waals surface area contributed by atoms with Crippen LogP contribution in [-0.2, 0) is 10.3 Å². The van der Waals surface area contributed by atoms with Crippen LogP contribution in [0.25, 0.3) is 5.69 Å². The molecule has 180 valence electrons. The van der Waals surface area contributed by atoms with Gasteiger partial charge in [-0.1, -0.05) is 35.5 Å². The number of para-hydroxylation sites is 1. The highest BCUT2D eigenvalue weighted by Gasteiger charge is 2.54. The molecule has 4 aliphatic rings. The number of rotatable bonds is 5. The van der Waals surface area contributed by atoms with Gasteiger partial charge in [0.05, 0.1) is 11.4 Å². The van der Waals surface area contributed by atoms with Gasteiger partial charge in [0.15, 0.2) is 5.84 Å². The number of nitrogens with two attached hydrogens (primary N) is 2. The first-order valence-corrected chi connectivity index (χ1v) is 12.5. The van der Waals surface area contributed by atoms with Gasteiger partial charge in [-0.05, 0) is 87.0 Å². The number of oxime groups is 1. The van der Waals surface area contributed by atoms with Gasteiger partial charge in [0.25, 0.3) is 0 Å². The topological polar surface area (TPSA) is 109 Å². The molecule has 0 saturated heterocycles. The van der Waals surface area contributed by atoms with E-state index in [9.17, 15) is 4.79 Å². The molecule has 35 heavy (non-hydrogen) atoms. The van der Waals surface area contributed by atoms with Gasteiger partial charge in [-0.3, -0.25) is 0 Å². The Morgan fingerprint density at radius 3 is 2.31 bits per heavy atom. The molecule has 4 N–H and O–H groups in total. The van der Waals surface area contributed by atoms with Crippen LogP contribution in [0.2, 0.25) is 0 Å². The third-order valence-electron chi connectivity index (χ3n) is 8.37. The van der Waals surface area contributed by atoms with Gasteiger partial charge in [-0.15, -0.1) is 0 Å². The van der Waals surface area contributed by atoms with Crippen molar-refractivity contribution in [2.75, 3.05) is 5.73 Å². The van der Waals surface area contributed by atoms with E-state index in [4.69, 9.17) is 21.4 Å². The van der Waals surface area contributed by atoms with Crippen molar-refractivity contribution in [2.24, 2.45) is 28.6 Å². The van der Waals surface area contributed by atoms with Crippen LogP contribution in [0.4, 0.5) is 5.69 Å². The molecule has 0 radical (unpaired) electrons. The molecule has 4 saturated carbocycles. The Hall–Kier alpha value is -3.61. The summed E-state index contributed by atoms with van der Waals surface area (Å²) in [5.41, 5.74) is 16.4. The molecule has 7 heteroatoms. The molecule has 7 rings (SSSR count). The average Bonchev–Trinajstić information content (AvgIpc) is 3.31. The van der Waals surface area contributed by atoms with Gasteiger partial charge < -0.3 is 16.3 Å². The zero-order valence-corrected chi connectivity index (χ0v) is 20.0. The monoisotopic (exact) mass is 469 g/mol. The first-order valence-electron chi connectivity index (χ1n) is 12.5. The number of carbonyl (C=O) groups is 1. The molecule has 4 aliphatic carbocycles. The van der Waals surface area contributed by atoms with Crippen molar-refractivity contribution in [3.8, 4) is 5.69 Å². The Kier molecular flexibility index (Phi) is 5.16. The maximum Gasteiger partial charge on any atom is 0.369 e. The van der Waals surface area contributed by atoms with Crippen LogP contribution in [0.15, 0.2) is 59.9 Å². The summed E-state index contributed by atoms with van der Waals surface area (Å²) in [6, 6.07) is 15.3. The molecular formula is C28H31N5O2. The normalized spacial score (nSPS) is 27.2. The number of nitrogen functional groups attached to an aromatic ring is 1. The van der Waals surface area contributed by atoms with Gasteiger partial charge >= 0.3 is 5.97 Å². The van der Waals surface area contributed by atoms with E-state index in [1.165, 1.54) is 19.3 Å². The predicted octanol–water partition coefficient (Wildman–Crippen LogP) is 4.71. The summed E-state index contributed by atoms with van der Waals surface area (Å²) in [5, 5.41) is 9.02. The van der Waals surface area contributed by atoms with Crippen LogP contribution in [0.1, 0.15) is 65.7 Å². The number of nitrogens with zero attached hydrogens (tertiary/aromatic N) is 3. The van der Waals surface area contributed by atoms with Crippen molar-refractivity contribution in [3.05, 3.63) is 77.1 Å². The highest BCUT2D eigenvalue weighted by Crippen LogP contribution is 2.60. The number of amidine groups is 1. The van der Waals surface area contributed by atoms with E-state index in [0.717, 1.165) is 54.0 Å². The summed E-state index contributed by atoms with van der Waals surface area (Å²) in [4.78, 5) is 18.9. The van der Waals surface area contributed by atoms with E-state index in [0.29, 0.717) is 16.8 Å². The fourth-order valence-electron chi connectivity index (χ4n) is 7.15. The molecule has 0 spiro atoms. The van der Waals surface area contributed by atoms with E-state index in [1.54, 1.807) is 23.0 Å². The van der Waals surface area contributed by atoms with Crippen molar-refractivity contribution in [1.82, 2.24) is 9.78 Å². The molecule has 0 atom stereocenters. The maximum atomic E-state index is 13.4. The highest BCUT2D eigenvalue weighted by atomic mass is 16.7. The largest absolute Gasteiger partial charge is 0.398 e. The van der Waals surface area contributed by atoms with E-state index in [2.05, 4.69) is 5.16 Å². The van der Waals surface area contributed by atoms with Crippen LogP contribution in [0.5, 0.6) is 0 Å². The Bertz CT molecular complexity index is 1270. The summed E-state index contributed by atoms with van der Waals surface area (Å²) in [6.07, 6.45) is 9.04. The van der Waals surface area contributed by atoms with E-state index in [-0.39, 0.29) is 11.3 Å². The van der Waals surface area contributed by atoms with Crippen LogP contribution >= 0.6 is 0 Å². The van der Waals surface area contributed by atoms with Crippen LogP contribution in [0, 0.1) is 24.7 Å². The predicted molar refractivity (Wildman–Crippen MR) is 135 cm³/mol. The number of benzene rings is 2. The summed E-state index contributed by atoms with van der Waals surface area (Å²) in [7, 11) is 0. The first kappa shape index (κ1) is 21.9. The zero-order valence-electron chi connectivity index (χ0n) is 20.0.